The minimum absolute atomic E-state index is 0.00402. The first-order chi connectivity index (χ1) is 13.3. The van der Waals surface area contributed by atoms with E-state index >= 15 is 0 Å². The second-order valence-corrected chi connectivity index (χ2v) is 8.95. The number of nitrogens with one attached hydrogen (secondary N) is 2. The van der Waals surface area contributed by atoms with Crippen LogP contribution in [0.5, 0.6) is 0 Å². The van der Waals surface area contributed by atoms with Crippen LogP contribution in [0.1, 0.15) is 44.1 Å². The van der Waals surface area contributed by atoms with Crippen molar-refractivity contribution in [1.82, 2.24) is 0 Å². The highest BCUT2D eigenvalue weighted by atomic mass is 32.2. The van der Waals surface area contributed by atoms with E-state index in [2.05, 4.69) is 10.0 Å². The van der Waals surface area contributed by atoms with Crippen LogP contribution in [0.25, 0.3) is 0 Å². The molecule has 0 bridgehead atoms. The van der Waals surface area contributed by atoms with E-state index in [4.69, 9.17) is 0 Å². The smallest absolute Gasteiger partial charge is 0.262 e. The Labute approximate surface area is 165 Å². The van der Waals surface area contributed by atoms with Gasteiger partial charge in [0, 0.05) is 12.1 Å². The number of halogens is 1. The van der Waals surface area contributed by atoms with Gasteiger partial charge in [-0.1, -0.05) is 43.9 Å². The van der Waals surface area contributed by atoms with Crippen molar-refractivity contribution >= 4 is 27.3 Å². The molecule has 0 aliphatic heterocycles. The zero-order valence-electron chi connectivity index (χ0n) is 15.9. The fourth-order valence-corrected chi connectivity index (χ4v) is 4.91. The lowest BCUT2D eigenvalue weighted by atomic mass is 10.0. The molecule has 7 heteroatoms. The third kappa shape index (κ3) is 5.10. The molecule has 0 atom stereocenters. The Bertz CT molecular complexity index is 954. The Morgan fingerprint density at radius 3 is 2.57 bits per heavy atom. The average Bonchev–Trinajstić information content (AvgIpc) is 3.17. The summed E-state index contributed by atoms with van der Waals surface area (Å²) in [4.78, 5) is 12.2. The predicted molar refractivity (Wildman–Crippen MR) is 108 cm³/mol. The van der Waals surface area contributed by atoms with Crippen LogP contribution in [-0.2, 0) is 14.8 Å². The molecule has 150 valence electrons. The maximum Gasteiger partial charge on any atom is 0.262 e. The Morgan fingerprint density at radius 1 is 1.14 bits per heavy atom. The van der Waals surface area contributed by atoms with Gasteiger partial charge in [0.25, 0.3) is 10.0 Å². The van der Waals surface area contributed by atoms with Crippen molar-refractivity contribution in [2.45, 2.75) is 50.3 Å². The van der Waals surface area contributed by atoms with E-state index in [1.54, 1.807) is 25.1 Å². The van der Waals surface area contributed by atoms with Crippen LogP contribution in [0.3, 0.4) is 0 Å². The van der Waals surface area contributed by atoms with Gasteiger partial charge < -0.3 is 5.32 Å². The molecule has 0 spiro atoms. The molecule has 2 aromatic carbocycles. The van der Waals surface area contributed by atoms with Crippen molar-refractivity contribution in [1.29, 1.82) is 0 Å². The fourth-order valence-electron chi connectivity index (χ4n) is 3.57. The van der Waals surface area contributed by atoms with Crippen LogP contribution in [0.15, 0.2) is 47.4 Å². The van der Waals surface area contributed by atoms with Crippen molar-refractivity contribution in [2.75, 3.05) is 10.0 Å². The van der Waals surface area contributed by atoms with Gasteiger partial charge in [-0.3, -0.25) is 9.52 Å². The Balaban J connectivity index is 1.71. The first-order valence-electron chi connectivity index (χ1n) is 9.53. The zero-order valence-corrected chi connectivity index (χ0v) is 16.7. The summed E-state index contributed by atoms with van der Waals surface area (Å²) in [5.41, 5.74) is 0.802. The summed E-state index contributed by atoms with van der Waals surface area (Å²) < 4.78 is 41.5. The van der Waals surface area contributed by atoms with Gasteiger partial charge in [-0.25, -0.2) is 12.8 Å². The van der Waals surface area contributed by atoms with E-state index in [1.165, 1.54) is 49.9 Å². The molecule has 0 heterocycles. The first kappa shape index (κ1) is 20.3. The zero-order chi connectivity index (χ0) is 20.1. The average molecular weight is 405 g/mol. The van der Waals surface area contributed by atoms with Crippen molar-refractivity contribution in [3.05, 3.63) is 53.8 Å². The highest BCUT2D eigenvalue weighted by molar-refractivity contribution is 7.92. The maximum atomic E-state index is 13.8. The summed E-state index contributed by atoms with van der Waals surface area (Å²) in [5.74, 6) is -0.161. The second kappa shape index (κ2) is 8.73. The summed E-state index contributed by atoms with van der Waals surface area (Å²) >= 11 is 0. The SMILES string of the molecule is Cc1ccc(NC(=O)CCC2CCCC2)cc1S(=O)(=O)Nc1ccccc1F. The number of rotatable bonds is 7. The summed E-state index contributed by atoms with van der Waals surface area (Å²) in [7, 11) is -3.99. The molecule has 1 saturated carbocycles. The van der Waals surface area contributed by atoms with Gasteiger partial charge in [0.15, 0.2) is 0 Å². The summed E-state index contributed by atoms with van der Waals surface area (Å²) in [5, 5.41) is 2.78. The molecule has 0 saturated heterocycles. The second-order valence-electron chi connectivity index (χ2n) is 7.30. The molecular formula is C21H25FN2O3S. The van der Waals surface area contributed by atoms with Crippen LogP contribution in [0, 0.1) is 18.7 Å². The molecule has 0 aromatic heterocycles. The first-order valence-corrected chi connectivity index (χ1v) is 11.0. The lowest BCUT2D eigenvalue weighted by Gasteiger charge is -2.13. The van der Waals surface area contributed by atoms with Crippen LogP contribution >= 0.6 is 0 Å². The summed E-state index contributed by atoms with van der Waals surface area (Å²) in [6.07, 6.45) is 6.12. The number of para-hydroxylation sites is 1. The third-order valence-corrected chi connectivity index (χ3v) is 6.64. The standard InChI is InChI=1S/C21H25FN2O3S/c1-15-10-12-17(23-21(25)13-11-16-6-2-3-7-16)14-20(15)28(26,27)24-19-9-5-4-8-18(19)22/h4-5,8-10,12,14,16,24H,2-3,6-7,11,13H2,1H3,(H,23,25). The minimum Gasteiger partial charge on any atom is -0.326 e. The number of carbonyl (C=O) groups is 1. The third-order valence-electron chi connectivity index (χ3n) is 5.13. The number of carbonyl (C=O) groups excluding carboxylic acids is 1. The Hall–Kier alpha value is -2.41. The fraction of sp³-hybridized carbons (Fsp3) is 0.381. The highest BCUT2D eigenvalue weighted by Crippen LogP contribution is 2.29. The predicted octanol–water partition coefficient (Wildman–Crippen LogP) is 4.84. The van der Waals surface area contributed by atoms with E-state index in [0.717, 1.165) is 6.42 Å². The number of hydrogen-bond donors (Lipinski definition) is 2. The van der Waals surface area contributed by atoms with Crippen LogP contribution in [0.4, 0.5) is 15.8 Å². The van der Waals surface area contributed by atoms with Crippen molar-refractivity contribution in [2.24, 2.45) is 5.92 Å². The number of hydrogen-bond acceptors (Lipinski definition) is 3. The lowest BCUT2D eigenvalue weighted by Crippen LogP contribution is -2.17. The van der Waals surface area contributed by atoms with Gasteiger partial charge in [0.1, 0.15) is 5.82 Å². The number of benzene rings is 2. The van der Waals surface area contributed by atoms with Crippen LogP contribution < -0.4 is 10.0 Å². The normalized spacial score (nSPS) is 14.8. The van der Waals surface area contributed by atoms with Gasteiger partial charge in [-0.2, -0.15) is 0 Å². The molecule has 1 aliphatic carbocycles. The van der Waals surface area contributed by atoms with E-state index in [-0.39, 0.29) is 16.5 Å². The Kier molecular flexibility index (Phi) is 6.34. The van der Waals surface area contributed by atoms with Crippen LogP contribution in [-0.4, -0.2) is 14.3 Å². The topological polar surface area (TPSA) is 75.3 Å². The van der Waals surface area contributed by atoms with Gasteiger partial charge >= 0.3 is 0 Å². The van der Waals surface area contributed by atoms with Gasteiger partial charge in [0.05, 0.1) is 10.6 Å². The maximum absolute atomic E-state index is 13.8. The molecule has 2 aromatic rings. The molecule has 5 nitrogen and oxygen atoms in total. The van der Waals surface area contributed by atoms with Gasteiger partial charge in [0.2, 0.25) is 5.91 Å². The van der Waals surface area contributed by atoms with Gasteiger partial charge in [-0.15, -0.1) is 0 Å². The van der Waals surface area contributed by atoms with Crippen LogP contribution in [0.2, 0.25) is 0 Å². The number of sulfonamides is 1. The lowest BCUT2D eigenvalue weighted by molar-refractivity contribution is -0.116. The molecule has 3 rings (SSSR count). The number of amides is 1. The molecule has 0 radical (unpaired) electrons. The monoisotopic (exact) mass is 404 g/mol. The van der Waals surface area contributed by atoms with Crippen molar-refractivity contribution in [3.63, 3.8) is 0 Å². The van der Waals surface area contributed by atoms with Crippen molar-refractivity contribution < 1.29 is 17.6 Å². The van der Waals surface area contributed by atoms with E-state index < -0.39 is 15.8 Å². The molecule has 0 unspecified atom stereocenters. The molecule has 28 heavy (non-hydrogen) atoms. The number of aryl methyl sites for hydroxylation is 1. The Morgan fingerprint density at radius 2 is 1.86 bits per heavy atom. The van der Waals surface area contributed by atoms with Crippen molar-refractivity contribution in [3.8, 4) is 0 Å². The molecule has 2 N–H and O–H groups in total. The highest BCUT2D eigenvalue weighted by Gasteiger charge is 2.20. The number of anilines is 2. The summed E-state index contributed by atoms with van der Waals surface area (Å²) in [6.45, 7) is 1.65. The van der Waals surface area contributed by atoms with Gasteiger partial charge in [-0.05, 0) is 49.1 Å². The quantitative estimate of drug-likeness (QED) is 0.693. The molecule has 1 aliphatic rings. The van der Waals surface area contributed by atoms with E-state index in [9.17, 15) is 17.6 Å². The van der Waals surface area contributed by atoms with E-state index in [1.807, 2.05) is 0 Å². The summed E-state index contributed by atoms with van der Waals surface area (Å²) in [6, 6.07) is 10.3. The molecule has 1 amide bonds. The largest absolute Gasteiger partial charge is 0.326 e. The minimum atomic E-state index is -3.99. The molecular weight excluding hydrogens is 379 g/mol. The van der Waals surface area contributed by atoms with E-state index in [0.29, 0.717) is 23.6 Å². The molecule has 1 fully saturated rings.